The Morgan fingerprint density at radius 2 is 2.10 bits per heavy atom. The number of aliphatic hydroxyl groups is 1. The van der Waals surface area contributed by atoms with Crippen LogP contribution in [0.4, 0.5) is 4.79 Å². The summed E-state index contributed by atoms with van der Waals surface area (Å²) >= 11 is 0. The lowest BCUT2D eigenvalue weighted by Crippen LogP contribution is -2.36. The molecule has 0 aromatic heterocycles. The van der Waals surface area contributed by atoms with Crippen LogP contribution in [0.1, 0.15) is 0 Å². The molecule has 0 aliphatic carbocycles. The number of esters is 1. The van der Waals surface area contributed by atoms with Crippen molar-refractivity contribution in [3.63, 3.8) is 0 Å². The average molecular weight is 149 g/mol. The van der Waals surface area contributed by atoms with Crippen molar-refractivity contribution in [1.29, 1.82) is 0 Å². The predicted molar refractivity (Wildman–Crippen MR) is 29.2 cm³/mol. The molecule has 1 atom stereocenters. The molecule has 0 aliphatic heterocycles. The number of carbonyl (C=O) groups excluding carboxylic acids is 1. The Morgan fingerprint density at radius 3 is 2.40 bits per heavy atom. The highest BCUT2D eigenvalue weighted by atomic mass is 16.7. The van der Waals surface area contributed by atoms with E-state index in [-0.39, 0.29) is 0 Å². The van der Waals surface area contributed by atoms with E-state index >= 15 is 0 Å². The molecule has 6 nitrogen and oxygen atoms in total. The van der Waals surface area contributed by atoms with Gasteiger partial charge in [-0.05, 0) is 0 Å². The lowest BCUT2D eigenvalue weighted by molar-refractivity contribution is -0.141. The third-order valence-corrected chi connectivity index (χ3v) is 0.687. The lowest BCUT2D eigenvalue weighted by Gasteiger charge is -2.02. The van der Waals surface area contributed by atoms with Gasteiger partial charge in [-0.2, -0.15) is 0 Å². The topological polar surface area (TPSA) is 110 Å². The van der Waals surface area contributed by atoms with Crippen LogP contribution in [0.25, 0.3) is 0 Å². The normalized spacial score (nSPS) is 12.2. The summed E-state index contributed by atoms with van der Waals surface area (Å²) in [6.07, 6.45) is -1.73. The van der Waals surface area contributed by atoms with Crippen molar-refractivity contribution in [1.82, 2.24) is 0 Å². The molecule has 10 heavy (non-hydrogen) atoms. The largest absolute Gasteiger partial charge is 0.513 e. The number of nitrogens with two attached hydrogens (primary N) is 1. The molecule has 0 saturated carbocycles. The molecule has 0 amide bonds. The molecular weight excluding hydrogens is 142 g/mol. The molecule has 0 spiro atoms. The molecule has 0 fully saturated rings. The van der Waals surface area contributed by atoms with Crippen molar-refractivity contribution in [2.45, 2.75) is 6.04 Å². The highest BCUT2D eigenvalue weighted by molar-refractivity contribution is 5.84. The highest BCUT2D eigenvalue weighted by Gasteiger charge is 2.16. The smallest absolute Gasteiger partial charge is 0.449 e. The van der Waals surface area contributed by atoms with E-state index in [2.05, 4.69) is 4.74 Å². The lowest BCUT2D eigenvalue weighted by atomic mass is 10.3. The number of hydrogen-bond donors (Lipinski definition) is 3. The van der Waals surface area contributed by atoms with Crippen LogP contribution >= 0.6 is 0 Å². The maximum Gasteiger partial charge on any atom is 0.513 e. The quantitative estimate of drug-likeness (QED) is 0.326. The monoisotopic (exact) mass is 149 g/mol. The van der Waals surface area contributed by atoms with Gasteiger partial charge in [0.05, 0.1) is 6.61 Å². The minimum Gasteiger partial charge on any atom is -0.449 e. The molecule has 0 radical (unpaired) electrons. The first-order chi connectivity index (χ1) is 4.57. The third-order valence-electron chi connectivity index (χ3n) is 0.687. The predicted octanol–water partition coefficient (Wildman–Crippen LogP) is -1.47. The molecule has 0 saturated heterocycles. The van der Waals surface area contributed by atoms with Crippen LogP contribution in [0, 0.1) is 0 Å². The minimum absolute atomic E-state index is 0.633. The van der Waals surface area contributed by atoms with Gasteiger partial charge >= 0.3 is 12.1 Å². The maximum atomic E-state index is 10.3. The van der Waals surface area contributed by atoms with E-state index in [1.54, 1.807) is 0 Å². The van der Waals surface area contributed by atoms with Crippen molar-refractivity contribution in [2.24, 2.45) is 5.73 Å². The van der Waals surface area contributed by atoms with Gasteiger partial charge in [-0.3, -0.25) is 0 Å². The summed E-state index contributed by atoms with van der Waals surface area (Å²) in [4.78, 5) is 19.9. The van der Waals surface area contributed by atoms with E-state index in [0.29, 0.717) is 0 Å². The fourth-order valence-electron chi connectivity index (χ4n) is 0.236. The molecule has 6 heteroatoms. The second kappa shape index (κ2) is 3.80. The van der Waals surface area contributed by atoms with Crippen LogP contribution in [0.2, 0.25) is 0 Å². The first kappa shape index (κ1) is 8.86. The molecule has 0 aromatic carbocycles. The molecule has 0 aliphatic rings. The highest BCUT2D eigenvalue weighted by Crippen LogP contribution is 1.84. The maximum absolute atomic E-state index is 10.3. The zero-order valence-electron chi connectivity index (χ0n) is 4.98. The summed E-state index contributed by atoms with van der Waals surface area (Å²) < 4.78 is 3.60. The molecule has 0 bridgehead atoms. The second-order valence-electron chi connectivity index (χ2n) is 1.48. The summed E-state index contributed by atoms with van der Waals surface area (Å²) in [6, 6.07) is -1.28. The molecule has 0 rings (SSSR count). The first-order valence-electron chi connectivity index (χ1n) is 2.39. The number of carbonyl (C=O) groups is 2. The molecule has 0 unspecified atom stereocenters. The fourth-order valence-corrected chi connectivity index (χ4v) is 0.236. The van der Waals surface area contributed by atoms with E-state index in [0.717, 1.165) is 0 Å². The van der Waals surface area contributed by atoms with Gasteiger partial charge in [0, 0.05) is 0 Å². The summed E-state index contributed by atoms with van der Waals surface area (Å²) in [5.41, 5.74) is 4.88. The third kappa shape index (κ3) is 3.00. The summed E-state index contributed by atoms with van der Waals surface area (Å²) in [6.45, 7) is -0.633. The summed E-state index contributed by atoms with van der Waals surface area (Å²) in [5.74, 6) is -1.16. The van der Waals surface area contributed by atoms with Gasteiger partial charge < -0.3 is 20.7 Å². The van der Waals surface area contributed by atoms with Crippen molar-refractivity contribution >= 4 is 12.1 Å². The fraction of sp³-hybridized carbons (Fsp3) is 0.500. The Labute approximate surface area is 56.2 Å². The van der Waals surface area contributed by atoms with Crippen LogP contribution in [-0.2, 0) is 9.53 Å². The van der Waals surface area contributed by atoms with Gasteiger partial charge in [-0.15, -0.1) is 0 Å². The number of aliphatic hydroxyl groups excluding tert-OH is 1. The number of ether oxygens (including phenoxy) is 1. The standard InChI is InChI=1S/C4H7NO5/c5-2(1-6)3(7)10-4(8)9/h2,6H,1,5H2,(H,8,9)/t2-/m1/s1. The van der Waals surface area contributed by atoms with Crippen LogP contribution < -0.4 is 5.73 Å². The van der Waals surface area contributed by atoms with Crippen molar-refractivity contribution < 1.29 is 24.5 Å². The second-order valence-corrected chi connectivity index (χ2v) is 1.48. The van der Waals surface area contributed by atoms with Crippen LogP contribution in [0.5, 0.6) is 0 Å². The van der Waals surface area contributed by atoms with Gasteiger partial charge in [0.15, 0.2) is 0 Å². The van der Waals surface area contributed by atoms with Crippen molar-refractivity contribution in [3.8, 4) is 0 Å². The molecule has 4 N–H and O–H groups in total. The summed E-state index contributed by atoms with van der Waals surface area (Å²) in [5, 5.41) is 16.0. The zero-order chi connectivity index (χ0) is 8.15. The average Bonchev–Trinajstić information content (AvgIpc) is 1.85. The molecule has 58 valence electrons. The summed E-state index contributed by atoms with van der Waals surface area (Å²) in [7, 11) is 0. The van der Waals surface area contributed by atoms with E-state index in [4.69, 9.17) is 15.9 Å². The first-order valence-corrected chi connectivity index (χ1v) is 2.39. The van der Waals surface area contributed by atoms with Crippen molar-refractivity contribution in [3.05, 3.63) is 0 Å². The zero-order valence-corrected chi connectivity index (χ0v) is 4.98. The Hall–Kier alpha value is -1.14. The van der Waals surface area contributed by atoms with Gasteiger partial charge in [-0.25, -0.2) is 9.59 Å². The van der Waals surface area contributed by atoms with Crippen molar-refractivity contribution in [2.75, 3.05) is 6.61 Å². The van der Waals surface area contributed by atoms with E-state index in [9.17, 15) is 9.59 Å². The molecular formula is C4H7NO5. The molecule has 0 aromatic rings. The number of carboxylic acid groups (broad SMARTS) is 1. The van der Waals surface area contributed by atoms with Crippen LogP contribution in [-0.4, -0.2) is 35.0 Å². The molecule has 0 heterocycles. The SMILES string of the molecule is N[C@H](CO)C(=O)OC(=O)O. The Balaban J connectivity index is 3.73. The van der Waals surface area contributed by atoms with Gasteiger partial charge in [0.2, 0.25) is 0 Å². The Morgan fingerprint density at radius 1 is 1.60 bits per heavy atom. The van der Waals surface area contributed by atoms with Gasteiger partial charge in [0.25, 0.3) is 0 Å². The number of hydrogen-bond acceptors (Lipinski definition) is 5. The van der Waals surface area contributed by atoms with E-state index in [1.165, 1.54) is 0 Å². The minimum atomic E-state index is -1.73. The van der Waals surface area contributed by atoms with Crippen LogP contribution in [0.15, 0.2) is 0 Å². The van der Waals surface area contributed by atoms with E-state index < -0.39 is 24.8 Å². The Kier molecular flexibility index (Phi) is 3.37. The van der Waals surface area contributed by atoms with E-state index in [1.807, 2.05) is 0 Å². The van der Waals surface area contributed by atoms with Gasteiger partial charge in [0.1, 0.15) is 6.04 Å². The number of rotatable bonds is 2. The van der Waals surface area contributed by atoms with Gasteiger partial charge in [-0.1, -0.05) is 0 Å². The van der Waals surface area contributed by atoms with Crippen LogP contribution in [0.3, 0.4) is 0 Å². The Bertz CT molecular complexity index is 145.